The normalized spacial score (nSPS) is 34.7. The Morgan fingerprint density at radius 1 is 1.18 bits per heavy atom. The van der Waals surface area contributed by atoms with Crippen molar-refractivity contribution >= 4 is 19.1 Å². The lowest BCUT2D eigenvalue weighted by Gasteiger charge is -2.64. The van der Waals surface area contributed by atoms with E-state index in [1.165, 1.54) is 11.3 Å². The van der Waals surface area contributed by atoms with Gasteiger partial charge in [0.25, 0.3) is 0 Å². The zero-order valence-electron chi connectivity index (χ0n) is 21.7. The fraction of sp³-hybridized carbons (Fsp3) is 0.920. The van der Waals surface area contributed by atoms with Crippen LogP contribution in [0.5, 0.6) is 0 Å². The maximum absolute atomic E-state index is 13.7. The zero-order valence-corrected chi connectivity index (χ0v) is 21.7. The summed E-state index contributed by atoms with van der Waals surface area (Å²) in [5.74, 6) is 0.922. The lowest BCUT2D eigenvalue weighted by Crippen LogP contribution is -2.70. The van der Waals surface area contributed by atoms with E-state index in [0.717, 1.165) is 19.3 Å². The van der Waals surface area contributed by atoms with Crippen molar-refractivity contribution in [2.75, 3.05) is 0 Å². The SMILES string of the molecule is CC(C)C[C@H](NC(=O)C1(N(C(=O)O)C(C)(C)C)CCC1)B1O[C@@H]2C[C@@H]3C[C@@H](C3(C)C)[C@]2(C)O1. The molecular formula is C25H43BN2O5. The van der Waals surface area contributed by atoms with Gasteiger partial charge >= 0.3 is 13.2 Å². The lowest BCUT2D eigenvalue weighted by molar-refractivity contribution is -0.199. The molecule has 2 amide bonds. The van der Waals surface area contributed by atoms with E-state index in [1.54, 1.807) is 0 Å². The number of carbonyl (C=O) groups is 2. The van der Waals surface area contributed by atoms with Gasteiger partial charge in [0, 0.05) is 5.54 Å². The molecule has 4 aliphatic carbocycles. The van der Waals surface area contributed by atoms with E-state index in [-0.39, 0.29) is 29.0 Å². The highest BCUT2D eigenvalue weighted by molar-refractivity contribution is 6.48. The van der Waals surface area contributed by atoms with Crippen molar-refractivity contribution in [2.45, 2.75) is 123 Å². The van der Waals surface area contributed by atoms with Gasteiger partial charge in [0.15, 0.2) is 0 Å². The van der Waals surface area contributed by atoms with Crippen molar-refractivity contribution in [1.82, 2.24) is 10.2 Å². The molecule has 0 aromatic rings. The van der Waals surface area contributed by atoms with Crippen LogP contribution in [0, 0.1) is 23.2 Å². The second kappa shape index (κ2) is 7.87. The molecule has 2 bridgehead atoms. The summed E-state index contributed by atoms with van der Waals surface area (Å²) in [5.41, 5.74) is -1.79. The summed E-state index contributed by atoms with van der Waals surface area (Å²) in [4.78, 5) is 27.3. The van der Waals surface area contributed by atoms with Crippen molar-refractivity contribution in [1.29, 1.82) is 0 Å². The molecule has 5 rings (SSSR count). The van der Waals surface area contributed by atoms with Crippen LogP contribution < -0.4 is 5.32 Å². The van der Waals surface area contributed by atoms with Crippen LogP contribution >= 0.6 is 0 Å². The maximum atomic E-state index is 13.7. The molecule has 33 heavy (non-hydrogen) atoms. The van der Waals surface area contributed by atoms with Gasteiger partial charge in [-0.25, -0.2) is 4.79 Å². The topological polar surface area (TPSA) is 88.1 Å². The van der Waals surface area contributed by atoms with Crippen LogP contribution in [0.2, 0.25) is 0 Å². The smallest absolute Gasteiger partial charge is 0.465 e. The minimum Gasteiger partial charge on any atom is -0.465 e. The maximum Gasteiger partial charge on any atom is 0.481 e. The predicted molar refractivity (Wildman–Crippen MR) is 128 cm³/mol. The third-order valence-corrected chi connectivity index (χ3v) is 9.23. The van der Waals surface area contributed by atoms with Crippen molar-refractivity contribution in [3.8, 4) is 0 Å². The van der Waals surface area contributed by atoms with Gasteiger partial charge in [-0.3, -0.25) is 9.69 Å². The summed E-state index contributed by atoms with van der Waals surface area (Å²) in [6.45, 7) is 16.7. The Labute approximate surface area is 199 Å². The second-order valence-electron chi connectivity index (χ2n) is 13.2. The standard InChI is InChI=1S/C25H43BN2O5/c1-15(2)12-19(26-32-18-14-16-13-17(23(16,6)7)24(18,8)33-26)27-20(29)25(10-9-11-25)28(21(30)31)22(3,4)5/h15-19H,9-14H2,1-8H3,(H,27,29)(H,30,31)/t16-,17-,18+,19-,24-/m0/s1. The predicted octanol–water partition coefficient (Wildman–Crippen LogP) is 4.49. The number of nitrogens with one attached hydrogen (secondary N) is 1. The molecule has 1 heterocycles. The molecule has 1 aliphatic heterocycles. The summed E-state index contributed by atoms with van der Waals surface area (Å²) >= 11 is 0. The van der Waals surface area contributed by atoms with Crippen LogP contribution in [0.3, 0.4) is 0 Å². The van der Waals surface area contributed by atoms with Crippen LogP contribution in [0.4, 0.5) is 4.79 Å². The molecule has 0 aromatic heterocycles. The van der Waals surface area contributed by atoms with Gasteiger partial charge in [0.1, 0.15) is 5.54 Å². The molecule has 8 heteroatoms. The first-order valence-corrected chi connectivity index (χ1v) is 12.8. The van der Waals surface area contributed by atoms with Gasteiger partial charge in [-0.15, -0.1) is 0 Å². The van der Waals surface area contributed by atoms with Gasteiger partial charge in [-0.1, -0.05) is 27.7 Å². The fourth-order valence-corrected chi connectivity index (χ4v) is 7.30. The summed E-state index contributed by atoms with van der Waals surface area (Å²) in [7, 11) is -0.508. The molecule has 4 saturated carbocycles. The number of hydrogen-bond acceptors (Lipinski definition) is 4. The molecule has 186 valence electrons. The second-order valence-corrected chi connectivity index (χ2v) is 13.2. The first-order valence-electron chi connectivity index (χ1n) is 12.8. The van der Waals surface area contributed by atoms with Crippen LogP contribution in [0.1, 0.15) is 93.9 Å². The monoisotopic (exact) mass is 462 g/mol. The number of rotatable bonds is 6. The molecule has 7 nitrogen and oxygen atoms in total. The van der Waals surface area contributed by atoms with Crippen molar-refractivity contribution in [3.63, 3.8) is 0 Å². The largest absolute Gasteiger partial charge is 0.481 e. The Balaban J connectivity index is 1.55. The molecule has 0 spiro atoms. The average Bonchev–Trinajstić information content (AvgIpc) is 2.98. The van der Waals surface area contributed by atoms with Gasteiger partial charge in [-0.2, -0.15) is 0 Å². The van der Waals surface area contributed by atoms with Gasteiger partial charge in [0.05, 0.1) is 17.6 Å². The van der Waals surface area contributed by atoms with Gasteiger partial charge in [0.2, 0.25) is 5.91 Å². The van der Waals surface area contributed by atoms with Crippen LogP contribution in [-0.2, 0) is 14.1 Å². The molecule has 0 aromatic carbocycles. The van der Waals surface area contributed by atoms with E-state index in [1.807, 2.05) is 20.8 Å². The molecule has 2 N–H and O–H groups in total. The van der Waals surface area contributed by atoms with E-state index < -0.39 is 24.3 Å². The minimum absolute atomic E-state index is 0.0496. The summed E-state index contributed by atoms with van der Waals surface area (Å²) in [6.07, 6.45) is 3.83. The third kappa shape index (κ3) is 3.80. The van der Waals surface area contributed by atoms with E-state index >= 15 is 0 Å². The number of amides is 2. The van der Waals surface area contributed by atoms with Crippen LogP contribution in [-0.4, -0.2) is 57.8 Å². The quantitative estimate of drug-likeness (QED) is 0.568. The minimum atomic E-state index is -1.05. The van der Waals surface area contributed by atoms with Gasteiger partial charge in [-0.05, 0) is 89.4 Å². The molecule has 5 aliphatic rings. The number of carboxylic acid groups (broad SMARTS) is 1. The third-order valence-electron chi connectivity index (χ3n) is 9.23. The first kappa shape index (κ1) is 24.8. The van der Waals surface area contributed by atoms with E-state index in [4.69, 9.17) is 9.31 Å². The molecular weight excluding hydrogens is 419 g/mol. The Morgan fingerprint density at radius 3 is 2.27 bits per heavy atom. The number of nitrogens with zero attached hydrogens (tertiary/aromatic N) is 1. The summed E-state index contributed by atoms with van der Waals surface area (Å²) < 4.78 is 13.2. The Kier molecular flexibility index (Phi) is 5.92. The highest BCUT2D eigenvalue weighted by atomic mass is 16.7. The van der Waals surface area contributed by atoms with E-state index in [0.29, 0.717) is 30.6 Å². The Bertz CT molecular complexity index is 805. The Morgan fingerprint density at radius 2 is 1.82 bits per heavy atom. The lowest BCUT2D eigenvalue weighted by atomic mass is 9.43. The fourth-order valence-electron chi connectivity index (χ4n) is 7.30. The zero-order chi connectivity index (χ0) is 24.6. The first-order chi connectivity index (χ1) is 15.1. The van der Waals surface area contributed by atoms with E-state index in [2.05, 4.69) is 39.9 Å². The molecule has 5 atom stereocenters. The van der Waals surface area contributed by atoms with Crippen LogP contribution in [0.25, 0.3) is 0 Å². The Hall–Kier alpha value is -1.28. The number of hydrogen-bond donors (Lipinski definition) is 2. The molecule has 0 unspecified atom stereocenters. The van der Waals surface area contributed by atoms with Crippen LogP contribution in [0.15, 0.2) is 0 Å². The van der Waals surface area contributed by atoms with Crippen molar-refractivity contribution in [2.24, 2.45) is 23.2 Å². The summed E-state index contributed by atoms with van der Waals surface area (Å²) in [6, 6.07) is 0. The average molecular weight is 462 g/mol. The number of carbonyl (C=O) groups excluding carboxylic acids is 1. The molecule has 1 saturated heterocycles. The molecule has 0 radical (unpaired) electrons. The summed E-state index contributed by atoms with van der Waals surface area (Å²) in [5, 5.41) is 13.2. The van der Waals surface area contributed by atoms with Gasteiger partial charge < -0.3 is 19.7 Å². The van der Waals surface area contributed by atoms with E-state index in [9.17, 15) is 14.7 Å². The highest BCUT2D eigenvalue weighted by Crippen LogP contribution is 2.65. The highest BCUT2D eigenvalue weighted by Gasteiger charge is 2.68. The van der Waals surface area contributed by atoms with Crippen molar-refractivity contribution in [3.05, 3.63) is 0 Å². The van der Waals surface area contributed by atoms with Crippen molar-refractivity contribution < 1.29 is 24.0 Å². The molecule has 5 fully saturated rings.